The van der Waals surface area contributed by atoms with Crippen LogP contribution in [-0.2, 0) is 9.53 Å². The van der Waals surface area contributed by atoms with Crippen molar-refractivity contribution in [1.82, 2.24) is 20.0 Å². The Morgan fingerprint density at radius 1 is 1.13 bits per heavy atom. The second-order valence-corrected chi connectivity index (χ2v) is 8.84. The molecular formula is C23H28N4O3. The number of amides is 1. The van der Waals surface area contributed by atoms with E-state index < -0.39 is 5.41 Å². The minimum absolute atomic E-state index is 0.00103. The Bertz CT molecular complexity index is 912. The SMILES string of the molecule is O=C(c1cc(-c2ccccc2)n[nH]1)N1CCC2(CC1)CC(CN1CCCC1)OC2=O. The van der Waals surface area contributed by atoms with E-state index in [1.807, 2.05) is 35.2 Å². The number of carbonyl (C=O) groups is 2. The van der Waals surface area contributed by atoms with Gasteiger partial charge in [-0.25, -0.2) is 0 Å². The van der Waals surface area contributed by atoms with Crippen LogP contribution in [0.1, 0.15) is 42.6 Å². The summed E-state index contributed by atoms with van der Waals surface area (Å²) in [4.78, 5) is 29.9. The number of carbonyl (C=O) groups excluding carboxylic acids is 2. The van der Waals surface area contributed by atoms with Gasteiger partial charge >= 0.3 is 5.97 Å². The molecule has 3 fully saturated rings. The second kappa shape index (κ2) is 7.87. The molecule has 0 saturated carbocycles. The summed E-state index contributed by atoms with van der Waals surface area (Å²) in [5.74, 6) is -0.119. The predicted molar refractivity (Wildman–Crippen MR) is 112 cm³/mol. The van der Waals surface area contributed by atoms with Crippen molar-refractivity contribution >= 4 is 11.9 Å². The Morgan fingerprint density at radius 2 is 1.87 bits per heavy atom. The number of likely N-dealkylation sites (tertiary alicyclic amines) is 2. The molecule has 7 heteroatoms. The van der Waals surface area contributed by atoms with E-state index in [0.717, 1.165) is 37.3 Å². The number of esters is 1. The number of rotatable bonds is 4. The molecule has 1 spiro atoms. The number of hydrogen-bond donors (Lipinski definition) is 1. The van der Waals surface area contributed by atoms with Gasteiger partial charge in [0.1, 0.15) is 11.8 Å². The van der Waals surface area contributed by atoms with E-state index in [4.69, 9.17) is 4.74 Å². The van der Waals surface area contributed by atoms with Crippen molar-refractivity contribution in [2.45, 2.75) is 38.2 Å². The number of hydrogen-bond acceptors (Lipinski definition) is 5. The fraction of sp³-hybridized carbons (Fsp3) is 0.522. The summed E-state index contributed by atoms with van der Waals surface area (Å²) in [5.41, 5.74) is 1.81. The second-order valence-electron chi connectivity index (χ2n) is 8.84. The maximum absolute atomic E-state index is 13.0. The van der Waals surface area contributed by atoms with Crippen molar-refractivity contribution in [3.05, 3.63) is 42.1 Å². The molecule has 0 radical (unpaired) electrons. The zero-order valence-electron chi connectivity index (χ0n) is 17.2. The third kappa shape index (κ3) is 3.62. The highest BCUT2D eigenvalue weighted by Crippen LogP contribution is 2.43. The third-order valence-corrected chi connectivity index (χ3v) is 6.87. The minimum atomic E-state index is -0.412. The van der Waals surface area contributed by atoms with Crippen molar-refractivity contribution in [2.75, 3.05) is 32.7 Å². The number of nitrogens with zero attached hydrogens (tertiary/aromatic N) is 3. The molecule has 3 aliphatic heterocycles. The first-order chi connectivity index (χ1) is 14.6. The van der Waals surface area contributed by atoms with Crippen LogP contribution in [-0.4, -0.2) is 70.7 Å². The first-order valence-corrected chi connectivity index (χ1v) is 11.0. The van der Waals surface area contributed by atoms with Crippen LogP contribution in [0.2, 0.25) is 0 Å². The normalized spacial score (nSPS) is 23.8. The maximum Gasteiger partial charge on any atom is 0.312 e. The molecule has 0 bridgehead atoms. The van der Waals surface area contributed by atoms with Crippen LogP contribution in [0.4, 0.5) is 0 Å². The number of ether oxygens (including phenoxy) is 1. The standard InChI is InChI=1S/C23H28N4O3/c28-21(20-14-19(24-25-20)17-6-2-1-3-7-17)27-12-8-23(9-13-27)15-18(30-22(23)29)16-26-10-4-5-11-26/h1-3,6-7,14,18H,4-5,8-13,15-16H2,(H,24,25). The third-order valence-electron chi connectivity index (χ3n) is 6.87. The molecule has 1 atom stereocenters. The first-order valence-electron chi connectivity index (χ1n) is 11.0. The topological polar surface area (TPSA) is 78.5 Å². The number of nitrogens with one attached hydrogen (secondary N) is 1. The molecule has 2 aromatic rings. The summed E-state index contributed by atoms with van der Waals surface area (Å²) in [6, 6.07) is 11.6. The van der Waals surface area contributed by atoms with Gasteiger partial charge in [-0.3, -0.25) is 19.6 Å². The molecule has 5 rings (SSSR count). The summed E-state index contributed by atoms with van der Waals surface area (Å²) in [6.45, 7) is 4.22. The molecule has 4 heterocycles. The monoisotopic (exact) mass is 408 g/mol. The molecule has 30 heavy (non-hydrogen) atoms. The summed E-state index contributed by atoms with van der Waals surface area (Å²) >= 11 is 0. The van der Waals surface area contributed by atoms with Crippen molar-refractivity contribution in [1.29, 1.82) is 0 Å². The van der Waals surface area contributed by atoms with Gasteiger partial charge in [0.25, 0.3) is 5.91 Å². The van der Waals surface area contributed by atoms with Gasteiger partial charge in [0, 0.05) is 31.6 Å². The fourth-order valence-electron chi connectivity index (χ4n) is 5.10. The van der Waals surface area contributed by atoms with E-state index >= 15 is 0 Å². The first kappa shape index (κ1) is 19.3. The Labute approximate surface area is 176 Å². The van der Waals surface area contributed by atoms with Crippen molar-refractivity contribution in [2.24, 2.45) is 5.41 Å². The Morgan fingerprint density at radius 3 is 2.60 bits per heavy atom. The zero-order chi connectivity index (χ0) is 20.6. The lowest BCUT2D eigenvalue weighted by atomic mass is 9.76. The number of aromatic amines is 1. The van der Waals surface area contributed by atoms with E-state index in [1.165, 1.54) is 12.8 Å². The van der Waals surface area contributed by atoms with E-state index in [9.17, 15) is 9.59 Å². The Hall–Kier alpha value is -2.67. The minimum Gasteiger partial charge on any atom is -0.461 e. The van der Waals surface area contributed by atoms with E-state index in [0.29, 0.717) is 31.6 Å². The zero-order valence-corrected chi connectivity index (χ0v) is 17.2. The summed E-state index contributed by atoms with van der Waals surface area (Å²) in [7, 11) is 0. The molecule has 3 aliphatic rings. The van der Waals surface area contributed by atoms with Crippen LogP contribution in [0.3, 0.4) is 0 Å². The summed E-state index contributed by atoms with van der Waals surface area (Å²) < 4.78 is 5.75. The van der Waals surface area contributed by atoms with Gasteiger partial charge in [-0.1, -0.05) is 30.3 Å². The maximum atomic E-state index is 13.0. The van der Waals surface area contributed by atoms with Crippen LogP contribution in [0.15, 0.2) is 36.4 Å². The molecule has 1 amide bonds. The molecule has 7 nitrogen and oxygen atoms in total. The van der Waals surface area contributed by atoms with Gasteiger partial charge in [0.05, 0.1) is 11.1 Å². The number of benzene rings is 1. The average Bonchev–Trinajstić information content (AvgIpc) is 3.51. The number of cyclic esters (lactones) is 1. The summed E-state index contributed by atoms with van der Waals surface area (Å²) in [6.07, 6.45) is 4.61. The largest absolute Gasteiger partial charge is 0.461 e. The van der Waals surface area contributed by atoms with Gasteiger partial charge in [-0.2, -0.15) is 5.10 Å². The number of H-pyrrole nitrogens is 1. The van der Waals surface area contributed by atoms with Crippen molar-refractivity contribution in [3.63, 3.8) is 0 Å². The molecule has 1 N–H and O–H groups in total. The highest BCUT2D eigenvalue weighted by atomic mass is 16.6. The van der Waals surface area contributed by atoms with Crippen molar-refractivity contribution < 1.29 is 14.3 Å². The van der Waals surface area contributed by atoms with E-state index in [2.05, 4.69) is 15.1 Å². The highest BCUT2D eigenvalue weighted by Gasteiger charge is 2.51. The Balaban J connectivity index is 1.20. The smallest absolute Gasteiger partial charge is 0.312 e. The molecule has 1 aromatic carbocycles. The van der Waals surface area contributed by atoms with Gasteiger partial charge in [0.2, 0.25) is 0 Å². The average molecular weight is 409 g/mol. The molecule has 1 unspecified atom stereocenters. The van der Waals surface area contributed by atoms with Gasteiger partial charge in [0.15, 0.2) is 0 Å². The van der Waals surface area contributed by atoms with Crippen LogP contribution in [0.25, 0.3) is 11.3 Å². The van der Waals surface area contributed by atoms with Gasteiger partial charge in [-0.15, -0.1) is 0 Å². The van der Waals surface area contributed by atoms with E-state index in [1.54, 1.807) is 6.07 Å². The Kier molecular flexibility index (Phi) is 5.06. The molecule has 3 saturated heterocycles. The lowest BCUT2D eigenvalue weighted by molar-refractivity contribution is -0.150. The molecular weight excluding hydrogens is 380 g/mol. The van der Waals surface area contributed by atoms with Gasteiger partial charge < -0.3 is 9.64 Å². The fourth-order valence-corrected chi connectivity index (χ4v) is 5.10. The lowest BCUT2D eigenvalue weighted by Gasteiger charge is -2.36. The highest BCUT2D eigenvalue weighted by molar-refractivity contribution is 5.93. The number of aromatic nitrogens is 2. The van der Waals surface area contributed by atoms with Crippen LogP contribution in [0.5, 0.6) is 0 Å². The van der Waals surface area contributed by atoms with Crippen LogP contribution in [0, 0.1) is 5.41 Å². The van der Waals surface area contributed by atoms with E-state index in [-0.39, 0.29) is 18.0 Å². The lowest BCUT2D eigenvalue weighted by Crippen LogP contribution is -2.45. The summed E-state index contributed by atoms with van der Waals surface area (Å²) in [5, 5.41) is 7.17. The molecule has 0 aliphatic carbocycles. The van der Waals surface area contributed by atoms with Crippen molar-refractivity contribution in [3.8, 4) is 11.3 Å². The predicted octanol–water partition coefficient (Wildman–Crippen LogP) is 2.71. The molecule has 1 aromatic heterocycles. The quantitative estimate of drug-likeness (QED) is 0.787. The van der Waals surface area contributed by atoms with Crippen LogP contribution >= 0.6 is 0 Å². The molecule has 158 valence electrons. The van der Waals surface area contributed by atoms with Crippen LogP contribution < -0.4 is 0 Å². The number of piperidine rings is 1. The van der Waals surface area contributed by atoms with Gasteiger partial charge in [-0.05, 0) is 44.8 Å².